The fourth-order valence-corrected chi connectivity index (χ4v) is 2.15. The third-order valence-corrected chi connectivity index (χ3v) is 3.37. The van der Waals surface area contributed by atoms with Gasteiger partial charge in [-0.1, -0.05) is 0 Å². The average molecular weight is 300 g/mol. The molecule has 0 radical (unpaired) electrons. The van der Waals surface area contributed by atoms with E-state index in [4.69, 9.17) is 5.11 Å². The molecule has 1 aliphatic heterocycles. The van der Waals surface area contributed by atoms with Crippen LogP contribution in [-0.4, -0.2) is 59.5 Å². The van der Waals surface area contributed by atoms with E-state index in [1.54, 1.807) is 4.90 Å². The number of nitrogens with one attached hydrogen (secondary N) is 1. The predicted molar refractivity (Wildman–Crippen MR) is 71.2 cm³/mol. The first-order valence-electron chi connectivity index (χ1n) is 6.65. The van der Waals surface area contributed by atoms with Gasteiger partial charge in [0.1, 0.15) is 6.04 Å². The molecule has 0 aliphatic carbocycles. The molecule has 2 atom stereocenters. The van der Waals surface area contributed by atoms with E-state index in [2.05, 4.69) is 10.1 Å². The summed E-state index contributed by atoms with van der Waals surface area (Å²) in [6, 6.07) is -1.37. The summed E-state index contributed by atoms with van der Waals surface area (Å²) in [5.41, 5.74) is 0. The molecule has 0 saturated carbocycles. The Labute approximate surface area is 122 Å². The minimum atomic E-state index is -1.35. The van der Waals surface area contributed by atoms with Crippen molar-refractivity contribution < 1.29 is 29.0 Å². The normalized spacial score (nSPS) is 19.5. The summed E-state index contributed by atoms with van der Waals surface area (Å²) in [7, 11) is 1.14. The van der Waals surface area contributed by atoms with Crippen LogP contribution in [0.4, 0.5) is 0 Å². The lowest BCUT2D eigenvalue weighted by atomic mass is 10.1. The van der Waals surface area contributed by atoms with Crippen LogP contribution >= 0.6 is 0 Å². The van der Waals surface area contributed by atoms with Gasteiger partial charge in [0, 0.05) is 19.0 Å². The van der Waals surface area contributed by atoms with Gasteiger partial charge >= 0.3 is 11.9 Å². The SMILES string of the molecule is COC(=O)C[C@H](NC(=O)C1CC(=O)N(C(C)C)C1)C(=O)O. The fourth-order valence-electron chi connectivity index (χ4n) is 2.15. The van der Waals surface area contributed by atoms with E-state index >= 15 is 0 Å². The number of rotatable bonds is 6. The topological polar surface area (TPSA) is 113 Å². The van der Waals surface area contributed by atoms with Crippen molar-refractivity contribution in [3.63, 3.8) is 0 Å². The highest BCUT2D eigenvalue weighted by Gasteiger charge is 2.37. The van der Waals surface area contributed by atoms with Crippen molar-refractivity contribution in [3.8, 4) is 0 Å². The van der Waals surface area contributed by atoms with Crippen LogP contribution < -0.4 is 5.32 Å². The summed E-state index contributed by atoms with van der Waals surface area (Å²) >= 11 is 0. The molecule has 0 spiro atoms. The monoisotopic (exact) mass is 300 g/mol. The number of hydrogen-bond donors (Lipinski definition) is 2. The number of hydrogen-bond acceptors (Lipinski definition) is 5. The zero-order chi connectivity index (χ0) is 16.2. The Balaban J connectivity index is 2.64. The fraction of sp³-hybridized carbons (Fsp3) is 0.692. The summed E-state index contributed by atoms with van der Waals surface area (Å²) in [4.78, 5) is 47.5. The number of carboxylic acid groups (broad SMARTS) is 1. The molecule has 8 heteroatoms. The molecule has 1 heterocycles. The second-order valence-corrected chi connectivity index (χ2v) is 5.22. The third kappa shape index (κ3) is 4.44. The number of carboxylic acids is 1. The van der Waals surface area contributed by atoms with Crippen molar-refractivity contribution in [2.24, 2.45) is 5.92 Å². The van der Waals surface area contributed by atoms with Gasteiger partial charge in [-0.2, -0.15) is 0 Å². The molecule has 8 nitrogen and oxygen atoms in total. The first kappa shape index (κ1) is 16.9. The standard InChI is InChI=1S/C13H20N2O6/c1-7(2)15-6-8(4-10(15)16)12(18)14-9(13(19)20)5-11(17)21-3/h7-9H,4-6H2,1-3H3,(H,14,18)(H,19,20)/t8?,9-/m0/s1. The van der Waals surface area contributed by atoms with Crippen molar-refractivity contribution in [2.45, 2.75) is 38.8 Å². The maximum atomic E-state index is 12.0. The Kier molecular flexibility index (Phi) is 5.69. The Morgan fingerprint density at radius 3 is 2.48 bits per heavy atom. The van der Waals surface area contributed by atoms with Crippen LogP contribution in [0.25, 0.3) is 0 Å². The summed E-state index contributed by atoms with van der Waals surface area (Å²) in [6.07, 6.45) is -0.402. The molecule has 0 aromatic carbocycles. The van der Waals surface area contributed by atoms with Crippen LogP contribution in [-0.2, 0) is 23.9 Å². The van der Waals surface area contributed by atoms with Gasteiger partial charge in [-0.25, -0.2) is 4.79 Å². The second-order valence-electron chi connectivity index (χ2n) is 5.22. The van der Waals surface area contributed by atoms with Crippen molar-refractivity contribution in [3.05, 3.63) is 0 Å². The molecule has 118 valence electrons. The highest BCUT2D eigenvalue weighted by atomic mass is 16.5. The largest absolute Gasteiger partial charge is 0.480 e. The summed E-state index contributed by atoms with van der Waals surface area (Å²) in [6.45, 7) is 3.94. The Bertz CT molecular complexity index is 448. The number of ether oxygens (including phenoxy) is 1. The van der Waals surface area contributed by atoms with Gasteiger partial charge in [-0.05, 0) is 13.8 Å². The minimum absolute atomic E-state index is 0.0133. The van der Waals surface area contributed by atoms with E-state index in [9.17, 15) is 19.2 Å². The molecule has 0 aromatic heterocycles. The van der Waals surface area contributed by atoms with Crippen LogP contribution in [0, 0.1) is 5.92 Å². The van der Waals surface area contributed by atoms with Crippen molar-refractivity contribution in [1.82, 2.24) is 10.2 Å². The zero-order valence-corrected chi connectivity index (χ0v) is 12.3. The van der Waals surface area contributed by atoms with Crippen LogP contribution in [0.2, 0.25) is 0 Å². The first-order chi connectivity index (χ1) is 9.76. The number of amides is 2. The van der Waals surface area contributed by atoms with Crippen LogP contribution in [0.3, 0.4) is 0 Å². The maximum Gasteiger partial charge on any atom is 0.326 e. The van der Waals surface area contributed by atoms with Crippen molar-refractivity contribution in [1.29, 1.82) is 0 Å². The minimum Gasteiger partial charge on any atom is -0.480 e. The molecule has 1 rings (SSSR count). The molecular formula is C13H20N2O6. The van der Waals surface area contributed by atoms with Crippen LogP contribution in [0.5, 0.6) is 0 Å². The van der Waals surface area contributed by atoms with Gasteiger partial charge < -0.3 is 20.1 Å². The lowest BCUT2D eigenvalue weighted by Crippen LogP contribution is -2.45. The van der Waals surface area contributed by atoms with Gasteiger partial charge in [-0.15, -0.1) is 0 Å². The smallest absolute Gasteiger partial charge is 0.326 e. The van der Waals surface area contributed by atoms with Gasteiger partial charge in [-0.3, -0.25) is 14.4 Å². The quantitative estimate of drug-likeness (QED) is 0.632. The highest BCUT2D eigenvalue weighted by molar-refractivity contribution is 5.92. The van der Waals surface area contributed by atoms with E-state index in [1.165, 1.54) is 0 Å². The number of nitrogens with zero attached hydrogens (tertiary/aromatic N) is 1. The maximum absolute atomic E-state index is 12.0. The van der Waals surface area contributed by atoms with Crippen LogP contribution in [0.15, 0.2) is 0 Å². The molecule has 1 saturated heterocycles. The number of carbonyl (C=O) groups excluding carboxylic acids is 3. The van der Waals surface area contributed by atoms with E-state index in [1.807, 2.05) is 13.8 Å². The second kappa shape index (κ2) is 7.05. The van der Waals surface area contributed by atoms with Gasteiger partial charge in [0.05, 0.1) is 19.4 Å². The van der Waals surface area contributed by atoms with Gasteiger partial charge in [0.25, 0.3) is 0 Å². The molecule has 21 heavy (non-hydrogen) atoms. The molecule has 1 aliphatic rings. The first-order valence-corrected chi connectivity index (χ1v) is 6.65. The van der Waals surface area contributed by atoms with E-state index in [-0.39, 0.29) is 24.9 Å². The molecule has 2 N–H and O–H groups in total. The summed E-state index contributed by atoms with van der Waals surface area (Å²) in [5.74, 6) is -3.32. The molecule has 0 bridgehead atoms. The molecular weight excluding hydrogens is 280 g/mol. The van der Waals surface area contributed by atoms with Crippen molar-refractivity contribution in [2.75, 3.05) is 13.7 Å². The Morgan fingerprint density at radius 2 is 2.05 bits per heavy atom. The lowest BCUT2D eigenvalue weighted by Gasteiger charge is -2.21. The zero-order valence-electron chi connectivity index (χ0n) is 12.3. The van der Waals surface area contributed by atoms with E-state index < -0.39 is 36.2 Å². The Hall–Kier alpha value is -2.12. The summed E-state index contributed by atoms with van der Waals surface area (Å²) < 4.78 is 4.39. The number of carbonyl (C=O) groups is 4. The highest BCUT2D eigenvalue weighted by Crippen LogP contribution is 2.20. The summed E-state index contributed by atoms with van der Waals surface area (Å²) in [5, 5.41) is 11.3. The molecule has 0 aromatic rings. The number of esters is 1. The number of methoxy groups -OCH3 is 1. The van der Waals surface area contributed by atoms with E-state index in [0.717, 1.165) is 7.11 Å². The van der Waals surface area contributed by atoms with Gasteiger partial charge in [0.15, 0.2) is 0 Å². The third-order valence-electron chi connectivity index (χ3n) is 3.37. The van der Waals surface area contributed by atoms with Gasteiger partial charge in [0.2, 0.25) is 11.8 Å². The van der Waals surface area contributed by atoms with E-state index in [0.29, 0.717) is 0 Å². The van der Waals surface area contributed by atoms with Crippen LogP contribution in [0.1, 0.15) is 26.7 Å². The lowest BCUT2D eigenvalue weighted by molar-refractivity contribution is -0.149. The predicted octanol–water partition coefficient (Wildman–Crippen LogP) is -0.624. The average Bonchev–Trinajstić information content (AvgIpc) is 2.79. The number of aliphatic carboxylic acids is 1. The molecule has 1 fully saturated rings. The molecule has 1 unspecified atom stereocenters. The number of likely N-dealkylation sites (tertiary alicyclic amines) is 1. The van der Waals surface area contributed by atoms with Crippen molar-refractivity contribution >= 4 is 23.8 Å². The Morgan fingerprint density at radius 1 is 1.43 bits per heavy atom. The molecule has 2 amide bonds.